The van der Waals surface area contributed by atoms with Crippen molar-refractivity contribution in [2.45, 2.75) is 39.3 Å². The molecule has 3 unspecified atom stereocenters. The topological polar surface area (TPSA) is 40.1 Å². The Morgan fingerprint density at radius 3 is 2.56 bits per heavy atom. The number of aliphatic imine (C=N–C) groups is 1. The third kappa shape index (κ3) is 3.92. The van der Waals surface area contributed by atoms with Crippen molar-refractivity contribution in [3.05, 3.63) is 30.3 Å². The highest BCUT2D eigenvalue weighted by molar-refractivity contribution is 14.0. The molecule has 3 aliphatic rings. The molecule has 27 heavy (non-hydrogen) atoms. The van der Waals surface area contributed by atoms with E-state index in [1.54, 1.807) is 0 Å². The maximum absolute atomic E-state index is 5.95. The first-order valence-corrected chi connectivity index (χ1v) is 10.1. The highest BCUT2D eigenvalue weighted by atomic mass is 127. The van der Waals surface area contributed by atoms with Gasteiger partial charge in [-0.3, -0.25) is 4.99 Å². The van der Waals surface area contributed by atoms with Gasteiger partial charge in [-0.2, -0.15) is 0 Å². The minimum atomic E-state index is 0. The number of piperazine rings is 1. The summed E-state index contributed by atoms with van der Waals surface area (Å²) in [6.07, 6.45) is 1.59. The van der Waals surface area contributed by atoms with Gasteiger partial charge >= 0.3 is 0 Å². The fourth-order valence-corrected chi connectivity index (χ4v) is 4.96. The highest BCUT2D eigenvalue weighted by Crippen LogP contribution is 2.52. The van der Waals surface area contributed by atoms with Crippen molar-refractivity contribution < 1.29 is 4.74 Å². The summed E-state index contributed by atoms with van der Waals surface area (Å²) in [7, 11) is 0. The van der Waals surface area contributed by atoms with Crippen LogP contribution in [0.5, 0.6) is 0 Å². The van der Waals surface area contributed by atoms with E-state index in [1.165, 1.54) is 12.1 Å². The molecule has 0 aromatic heterocycles. The van der Waals surface area contributed by atoms with Crippen molar-refractivity contribution in [2.24, 2.45) is 16.3 Å². The number of benzene rings is 1. The van der Waals surface area contributed by atoms with Crippen LogP contribution in [0.15, 0.2) is 35.3 Å². The van der Waals surface area contributed by atoms with E-state index in [-0.39, 0.29) is 29.4 Å². The zero-order valence-electron chi connectivity index (χ0n) is 16.7. The van der Waals surface area contributed by atoms with E-state index >= 15 is 0 Å². The Kier molecular flexibility index (Phi) is 6.56. The van der Waals surface area contributed by atoms with E-state index in [4.69, 9.17) is 9.73 Å². The van der Waals surface area contributed by atoms with Gasteiger partial charge in [0.25, 0.3) is 0 Å². The van der Waals surface area contributed by atoms with Crippen LogP contribution < -0.4 is 10.2 Å². The van der Waals surface area contributed by atoms with Gasteiger partial charge in [0.1, 0.15) is 0 Å². The minimum Gasteiger partial charge on any atom is -0.377 e. The molecule has 2 aliphatic heterocycles. The number of nitrogens with zero attached hydrogens (tertiary/aromatic N) is 3. The normalized spacial score (nSPS) is 29.6. The Bertz CT molecular complexity index is 643. The van der Waals surface area contributed by atoms with Gasteiger partial charge in [-0.1, -0.05) is 32.0 Å². The Labute approximate surface area is 180 Å². The van der Waals surface area contributed by atoms with E-state index in [0.29, 0.717) is 18.1 Å². The largest absolute Gasteiger partial charge is 0.377 e. The van der Waals surface area contributed by atoms with Gasteiger partial charge in [0.2, 0.25) is 0 Å². The third-order valence-electron chi connectivity index (χ3n) is 6.39. The molecule has 1 aromatic rings. The molecule has 3 atom stereocenters. The van der Waals surface area contributed by atoms with Gasteiger partial charge in [0.15, 0.2) is 5.96 Å². The van der Waals surface area contributed by atoms with Crippen LogP contribution in [-0.4, -0.2) is 62.3 Å². The Morgan fingerprint density at radius 1 is 1.19 bits per heavy atom. The Balaban J connectivity index is 0.00000210. The smallest absolute Gasteiger partial charge is 0.194 e. The van der Waals surface area contributed by atoms with Gasteiger partial charge in [-0.15, -0.1) is 24.0 Å². The predicted octanol–water partition coefficient (Wildman–Crippen LogP) is 3.21. The molecule has 1 aromatic carbocycles. The van der Waals surface area contributed by atoms with Crippen LogP contribution in [0, 0.1) is 11.3 Å². The lowest BCUT2D eigenvalue weighted by molar-refractivity contribution is -0.107. The summed E-state index contributed by atoms with van der Waals surface area (Å²) in [5, 5.41) is 3.82. The van der Waals surface area contributed by atoms with Crippen LogP contribution >= 0.6 is 24.0 Å². The summed E-state index contributed by atoms with van der Waals surface area (Å²) in [5.74, 6) is 1.72. The van der Waals surface area contributed by atoms with Crippen LogP contribution in [0.3, 0.4) is 0 Å². The number of fused-ring (bicyclic) bond motifs is 1. The maximum atomic E-state index is 5.95. The summed E-state index contributed by atoms with van der Waals surface area (Å²) in [5.41, 5.74) is 1.50. The Morgan fingerprint density at radius 2 is 1.89 bits per heavy atom. The molecule has 1 saturated carbocycles. The molecule has 6 heteroatoms. The molecule has 0 spiro atoms. The molecule has 1 N–H and O–H groups in total. The quantitative estimate of drug-likeness (QED) is 0.407. The molecule has 2 saturated heterocycles. The first-order valence-electron chi connectivity index (χ1n) is 10.1. The van der Waals surface area contributed by atoms with E-state index < -0.39 is 0 Å². The van der Waals surface area contributed by atoms with E-state index in [2.05, 4.69) is 66.2 Å². The van der Waals surface area contributed by atoms with Gasteiger partial charge in [-0.05, 0) is 25.5 Å². The number of ether oxygens (including phenoxy) is 1. The second-order valence-corrected chi connectivity index (χ2v) is 8.29. The molecule has 0 bridgehead atoms. The SMILES string of the molecule is CCN=C(NC1C2CCOC2C1(C)C)N1CCN(c2ccccc2)CC1.I. The molecule has 2 heterocycles. The van der Waals surface area contributed by atoms with Crippen LogP contribution in [0.4, 0.5) is 5.69 Å². The van der Waals surface area contributed by atoms with Crippen LogP contribution in [0.1, 0.15) is 27.2 Å². The summed E-state index contributed by atoms with van der Waals surface area (Å²) in [6.45, 7) is 12.6. The lowest BCUT2D eigenvalue weighted by atomic mass is 9.57. The molecular weight excluding hydrogens is 451 g/mol. The van der Waals surface area contributed by atoms with Gasteiger partial charge < -0.3 is 19.9 Å². The molecule has 150 valence electrons. The minimum absolute atomic E-state index is 0. The summed E-state index contributed by atoms with van der Waals surface area (Å²) in [4.78, 5) is 9.72. The first-order chi connectivity index (χ1) is 12.6. The number of anilines is 1. The maximum Gasteiger partial charge on any atom is 0.194 e. The number of nitrogens with one attached hydrogen (secondary N) is 1. The van der Waals surface area contributed by atoms with Gasteiger partial charge in [-0.25, -0.2) is 0 Å². The zero-order chi connectivity index (χ0) is 18.1. The van der Waals surface area contributed by atoms with E-state index in [0.717, 1.165) is 45.3 Å². The fraction of sp³-hybridized carbons (Fsp3) is 0.667. The number of rotatable bonds is 3. The second kappa shape index (κ2) is 8.55. The summed E-state index contributed by atoms with van der Waals surface area (Å²) >= 11 is 0. The molecular formula is C21H33IN4O. The highest BCUT2D eigenvalue weighted by Gasteiger charge is 2.59. The lowest BCUT2D eigenvalue weighted by Gasteiger charge is -2.55. The fourth-order valence-electron chi connectivity index (χ4n) is 4.96. The number of para-hydroxylation sites is 1. The average Bonchev–Trinajstić information content (AvgIpc) is 3.13. The third-order valence-corrected chi connectivity index (χ3v) is 6.39. The van der Waals surface area contributed by atoms with Crippen molar-refractivity contribution >= 4 is 35.6 Å². The monoisotopic (exact) mass is 484 g/mol. The molecule has 5 nitrogen and oxygen atoms in total. The number of guanidine groups is 1. The zero-order valence-corrected chi connectivity index (χ0v) is 19.1. The van der Waals surface area contributed by atoms with Crippen LogP contribution in [-0.2, 0) is 4.74 Å². The molecule has 4 rings (SSSR count). The summed E-state index contributed by atoms with van der Waals surface area (Å²) in [6, 6.07) is 11.2. The average molecular weight is 484 g/mol. The Hall–Kier alpha value is -1.02. The molecule has 0 amide bonds. The van der Waals surface area contributed by atoms with E-state index in [1.807, 2.05) is 0 Å². The van der Waals surface area contributed by atoms with E-state index in [9.17, 15) is 0 Å². The van der Waals surface area contributed by atoms with Crippen LogP contribution in [0.2, 0.25) is 0 Å². The lowest BCUT2D eigenvalue weighted by Crippen LogP contribution is -2.68. The van der Waals surface area contributed by atoms with Crippen molar-refractivity contribution in [3.63, 3.8) is 0 Å². The molecule has 1 aliphatic carbocycles. The number of halogens is 1. The van der Waals surface area contributed by atoms with Crippen molar-refractivity contribution in [1.29, 1.82) is 0 Å². The number of hydrogen-bond donors (Lipinski definition) is 1. The van der Waals surface area contributed by atoms with Crippen LogP contribution in [0.25, 0.3) is 0 Å². The van der Waals surface area contributed by atoms with Crippen molar-refractivity contribution in [2.75, 3.05) is 44.2 Å². The summed E-state index contributed by atoms with van der Waals surface area (Å²) < 4.78 is 5.95. The standard InChI is InChI=1S/C21H32N4O.HI/c1-4-22-20(23-18-17-10-15-26-19(17)21(18,2)3)25-13-11-24(12-14-25)16-8-6-5-7-9-16;/h5-9,17-19H,4,10-15H2,1-3H3,(H,22,23);1H. The van der Waals surface area contributed by atoms with Gasteiger partial charge in [0, 0.05) is 62.4 Å². The van der Waals surface area contributed by atoms with Crippen molar-refractivity contribution in [3.8, 4) is 0 Å². The van der Waals surface area contributed by atoms with Crippen molar-refractivity contribution in [1.82, 2.24) is 10.2 Å². The molecule has 3 fully saturated rings. The van der Waals surface area contributed by atoms with Gasteiger partial charge in [0.05, 0.1) is 6.10 Å². The second-order valence-electron chi connectivity index (χ2n) is 8.29. The predicted molar refractivity (Wildman–Crippen MR) is 122 cm³/mol. The first kappa shape index (κ1) is 20.7. The number of hydrogen-bond acceptors (Lipinski definition) is 3. The molecule has 0 radical (unpaired) electrons.